The van der Waals surface area contributed by atoms with Crippen molar-refractivity contribution in [1.29, 1.82) is 5.26 Å². The Morgan fingerprint density at radius 3 is 1.94 bits per heavy atom. The minimum Gasteiger partial charge on any atom is -0.258 e. The third-order valence-corrected chi connectivity index (χ3v) is 3.09. The zero-order valence-corrected chi connectivity index (χ0v) is 9.79. The molecule has 1 fully saturated rings. The van der Waals surface area contributed by atoms with E-state index in [0.717, 1.165) is 29.6 Å². The zero-order chi connectivity index (χ0) is 12.5. The molecule has 1 rings (SSSR count). The van der Waals surface area contributed by atoms with Crippen molar-refractivity contribution in [3.05, 3.63) is 51.5 Å². The number of nitrogens with zero attached hydrogens (tertiary/aromatic N) is 2. The summed E-state index contributed by atoms with van der Waals surface area (Å²) in [6.07, 6.45) is 1.35. The Morgan fingerprint density at radius 2 is 1.62 bits per heavy atom. The Balaban J connectivity index is 2.98. The second kappa shape index (κ2) is 4.65. The molecule has 0 aromatic rings. The van der Waals surface area contributed by atoms with Gasteiger partial charge in [-0.15, -0.1) is 0 Å². The molecule has 0 atom stereocenters. The lowest BCUT2D eigenvalue weighted by Crippen LogP contribution is -2.07. The SMILES string of the molecule is C[C]1[C](C)[C](C)[C](/C=C(\C#N)[N+](=O)[O-])[C]1C. The smallest absolute Gasteiger partial charge is 0.258 e. The average molecular weight is 217 g/mol. The summed E-state index contributed by atoms with van der Waals surface area (Å²) in [6, 6.07) is 1.60. The van der Waals surface area contributed by atoms with Crippen LogP contribution in [-0.4, -0.2) is 4.92 Å². The molecule has 0 aliphatic heterocycles. The maximum absolute atomic E-state index is 10.6. The fourth-order valence-electron chi connectivity index (χ4n) is 1.73. The van der Waals surface area contributed by atoms with E-state index in [-0.39, 0.29) is 0 Å². The Bertz CT molecular complexity index is 343. The molecule has 1 saturated carbocycles. The van der Waals surface area contributed by atoms with E-state index in [0.29, 0.717) is 0 Å². The molecule has 0 N–H and O–H groups in total. The summed E-state index contributed by atoms with van der Waals surface area (Å²) in [5.74, 6) is 5.06. The van der Waals surface area contributed by atoms with E-state index in [9.17, 15) is 10.1 Å². The van der Waals surface area contributed by atoms with Gasteiger partial charge in [-0.1, -0.05) is 27.7 Å². The first-order chi connectivity index (χ1) is 7.40. The van der Waals surface area contributed by atoms with Crippen molar-refractivity contribution < 1.29 is 4.92 Å². The van der Waals surface area contributed by atoms with Gasteiger partial charge in [0.2, 0.25) is 0 Å². The summed E-state index contributed by atoms with van der Waals surface area (Å²) < 4.78 is 0. The first-order valence-electron chi connectivity index (χ1n) is 4.89. The van der Waals surface area contributed by atoms with Crippen LogP contribution < -0.4 is 0 Å². The third-order valence-electron chi connectivity index (χ3n) is 3.09. The van der Waals surface area contributed by atoms with Gasteiger partial charge in [0.05, 0.1) is 4.92 Å². The van der Waals surface area contributed by atoms with E-state index >= 15 is 0 Å². The highest BCUT2D eigenvalue weighted by molar-refractivity contribution is 5.63. The van der Waals surface area contributed by atoms with E-state index in [1.165, 1.54) is 6.08 Å². The van der Waals surface area contributed by atoms with Crippen LogP contribution in [0.5, 0.6) is 0 Å². The Kier molecular flexibility index (Phi) is 3.69. The highest BCUT2D eigenvalue weighted by Gasteiger charge is 2.43. The molecule has 0 aromatic heterocycles. The molecule has 4 nitrogen and oxygen atoms in total. The van der Waals surface area contributed by atoms with E-state index in [1.807, 2.05) is 27.7 Å². The predicted octanol–water partition coefficient (Wildman–Crippen LogP) is 2.64. The normalized spacial score (nSPS) is 22.6. The molecule has 0 bridgehead atoms. The van der Waals surface area contributed by atoms with Crippen molar-refractivity contribution in [2.24, 2.45) is 0 Å². The van der Waals surface area contributed by atoms with Crippen LogP contribution in [0.1, 0.15) is 27.7 Å². The fourth-order valence-corrected chi connectivity index (χ4v) is 1.73. The quantitative estimate of drug-likeness (QED) is 0.405. The first kappa shape index (κ1) is 12.7. The minimum absolute atomic E-state index is 0.420. The first-order valence-corrected chi connectivity index (χ1v) is 4.89. The van der Waals surface area contributed by atoms with Crippen LogP contribution >= 0.6 is 0 Å². The summed E-state index contributed by atoms with van der Waals surface area (Å²) in [6.45, 7) is 7.78. The Hall–Kier alpha value is -1.37. The maximum atomic E-state index is 10.6. The van der Waals surface area contributed by atoms with E-state index in [2.05, 4.69) is 0 Å². The number of hydrogen-bond donors (Lipinski definition) is 0. The van der Waals surface area contributed by atoms with Gasteiger partial charge in [0.15, 0.2) is 6.07 Å². The zero-order valence-electron chi connectivity index (χ0n) is 9.79. The van der Waals surface area contributed by atoms with Gasteiger partial charge < -0.3 is 0 Å². The van der Waals surface area contributed by atoms with Crippen LogP contribution in [0.3, 0.4) is 0 Å². The molecule has 0 aromatic carbocycles. The lowest BCUT2D eigenvalue weighted by atomic mass is 9.88. The van der Waals surface area contributed by atoms with Crippen molar-refractivity contribution >= 4 is 0 Å². The van der Waals surface area contributed by atoms with Gasteiger partial charge in [0, 0.05) is 12.0 Å². The van der Waals surface area contributed by atoms with Crippen LogP contribution in [0.4, 0.5) is 0 Å². The largest absolute Gasteiger partial charge is 0.342 e. The van der Waals surface area contributed by atoms with E-state index < -0.39 is 10.6 Å². The number of rotatable bonds is 2. The molecule has 4 heteroatoms. The lowest BCUT2D eigenvalue weighted by Gasteiger charge is -2.13. The number of nitriles is 1. The number of nitro groups is 1. The molecule has 83 valence electrons. The van der Waals surface area contributed by atoms with Gasteiger partial charge in [-0.05, 0) is 23.7 Å². The van der Waals surface area contributed by atoms with Crippen molar-refractivity contribution in [1.82, 2.24) is 0 Å². The van der Waals surface area contributed by atoms with Crippen molar-refractivity contribution in [3.8, 4) is 6.07 Å². The van der Waals surface area contributed by atoms with Gasteiger partial charge in [-0.3, -0.25) is 10.1 Å². The van der Waals surface area contributed by atoms with Crippen LogP contribution in [0.15, 0.2) is 11.8 Å². The average Bonchev–Trinajstić information content (AvgIpc) is 2.41. The highest BCUT2D eigenvalue weighted by atomic mass is 16.6. The summed E-state index contributed by atoms with van der Waals surface area (Å²) in [7, 11) is 0. The molecular formula is C12H13N2O2. The standard InChI is InChI=1S/C12H13N2O2/c1-7-8(2)10(4)12(9(7)3)5-11(6-13)14(15)16/h5H,1-4H3/b11-5+. The summed E-state index contributed by atoms with van der Waals surface area (Å²) in [5.41, 5.74) is -0.420. The highest BCUT2D eigenvalue weighted by Crippen LogP contribution is 2.52. The van der Waals surface area contributed by atoms with Crippen LogP contribution in [-0.2, 0) is 0 Å². The maximum Gasteiger partial charge on any atom is 0.342 e. The fraction of sp³-hybridized carbons (Fsp3) is 0.333. The number of hydrogen-bond acceptors (Lipinski definition) is 3. The van der Waals surface area contributed by atoms with Gasteiger partial charge in [0.1, 0.15) is 0 Å². The topological polar surface area (TPSA) is 66.9 Å². The molecule has 0 unspecified atom stereocenters. The molecule has 0 saturated heterocycles. The van der Waals surface area contributed by atoms with Gasteiger partial charge in [0.25, 0.3) is 0 Å². The van der Waals surface area contributed by atoms with Crippen molar-refractivity contribution in [2.75, 3.05) is 0 Å². The lowest BCUT2D eigenvalue weighted by molar-refractivity contribution is -0.417. The monoisotopic (exact) mass is 217 g/mol. The van der Waals surface area contributed by atoms with Gasteiger partial charge in [-0.25, -0.2) is 0 Å². The second-order valence-corrected chi connectivity index (χ2v) is 3.81. The summed E-state index contributed by atoms with van der Waals surface area (Å²) in [5, 5.41) is 19.2. The van der Waals surface area contributed by atoms with Gasteiger partial charge in [-0.2, -0.15) is 5.26 Å². The van der Waals surface area contributed by atoms with Gasteiger partial charge >= 0.3 is 5.70 Å². The molecule has 5 radical (unpaired) electrons. The predicted molar refractivity (Wildman–Crippen MR) is 59.6 cm³/mol. The molecule has 16 heavy (non-hydrogen) atoms. The molecule has 0 spiro atoms. The second-order valence-electron chi connectivity index (χ2n) is 3.81. The van der Waals surface area contributed by atoms with Crippen molar-refractivity contribution in [3.63, 3.8) is 0 Å². The van der Waals surface area contributed by atoms with Crippen LogP contribution in [0.25, 0.3) is 0 Å². The molecule has 0 heterocycles. The molecular weight excluding hydrogens is 204 g/mol. The Morgan fingerprint density at radius 1 is 1.19 bits per heavy atom. The third kappa shape index (κ3) is 2.08. The molecule has 1 aliphatic rings. The minimum atomic E-state index is -0.656. The van der Waals surface area contributed by atoms with Crippen LogP contribution in [0, 0.1) is 51.0 Å². The molecule has 1 aliphatic carbocycles. The molecule has 0 amide bonds. The summed E-state index contributed by atoms with van der Waals surface area (Å²) in [4.78, 5) is 9.91. The van der Waals surface area contributed by atoms with Crippen molar-refractivity contribution in [2.45, 2.75) is 27.7 Å². The van der Waals surface area contributed by atoms with E-state index in [4.69, 9.17) is 5.26 Å². The summed E-state index contributed by atoms with van der Waals surface area (Å²) >= 11 is 0. The van der Waals surface area contributed by atoms with Crippen LogP contribution in [0.2, 0.25) is 0 Å². The Labute approximate surface area is 96.1 Å². The number of allylic oxidation sites excluding steroid dienone is 2. The van der Waals surface area contributed by atoms with E-state index in [1.54, 1.807) is 6.07 Å².